The molecular weight excluding hydrogens is 399 g/mol. The van der Waals surface area contributed by atoms with Crippen molar-refractivity contribution < 1.29 is 23.6 Å². The first-order valence-corrected chi connectivity index (χ1v) is 9.39. The zero-order valence-electron chi connectivity index (χ0n) is 15.2. The molecule has 3 rings (SSSR count). The molecule has 1 amide bonds. The maximum atomic E-state index is 13.4. The molecule has 0 atom stereocenters. The summed E-state index contributed by atoms with van der Waals surface area (Å²) < 4.78 is 18.5. The monoisotopic (exact) mass is 414 g/mol. The molecule has 0 fully saturated rings. The number of amides is 1. The van der Waals surface area contributed by atoms with Crippen molar-refractivity contribution in [3.63, 3.8) is 0 Å². The highest BCUT2D eigenvalue weighted by molar-refractivity contribution is 7.15. The number of hydrogen-bond donors (Lipinski definition) is 1. The standard InChI is InChI=1S/C20H15FN2O5S/c1-2-28-20(25)17-16(12-5-4-8-15(10-12)23(26)27)11-29-19(17)22-18(24)13-6-3-7-14(21)9-13/h3-11H,2H2,1H3,(H,22,24). The van der Waals surface area contributed by atoms with Crippen LogP contribution in [0.5, 0.6) is 0 Å². The summed E-state index contributed by atoms with van der Waals surface area (Å²) in [6.07, 6.45) is 0. The van der Waals surface area contributed by atoms with Gasteiger partial charge in [-0.15, -0.1) is 11.3 Å². The number of carbonyl (C=O) groups excluding carboxylic acids is 2. The Morgan fingerprint density at radius 2 is 1.97 bits per heavy atom. The fourth-order valence-corrected chi connectivity index (χ4v) is 3.61. The third kappa shape index (κ3) is 4.46. The van der Waals surface area contributed by atoms with Gasteiger partial charge in [0.2, 0.25) is 0 Å². The lowest BCUT2D eigenvalue weighted by Crippen LogP contribution is -2.15. The third-order valence-electron chi connectivity index (χ3n) is 3.95. The first-order valence-electron chi connectivity index (χ1n) is 8.51. The average Bonchev–Trinajstić information content (AvgIpc) is 3.12. The molecule has 29 heavy (non-hydrogen) atoms. The van der Waals surface area contributed by atoms with Crippen molar-refractivity contribution in [3.8, 4) is 11.1 Å². The number of thiophene rings is 1. The van der Waals surface area contributed by atoms with Gasteiger partial charge in [0, 0.05) is 28.6 Å². The van der Waals surface area contributed by atoms with Gasteiger partial charge >= 0.3 is 5.97 Å². The van der Waals surface area contributed by atoms with Crippen molar-refractivity contribution in [3.05, 3.63) is 81.0 Å². The summed E-state index contributed by atoms with van der Waals surface area (Å²) in [5, 5.41) is 15.5. The van der Waals surface area contributed by atoms with Crippen molar-refractivity contribution in [1.29, 1.82) is 0 Å². The zero-order chi connectivity index (χ0) is 21.0. The van der Waals surface area contributed by atoms with Crippen LogP contribution in [0, 0.1) is 15.9 Å². The largest absolute Gasteiger partial charge is 0.462 e. The molecule has 9 heteroatoms. The van der Waals surface area contributed by atoms with Crippen molar-refractivity contribution >= 4 is 33.9 Å². The number of carbonyl (C=O) groups is 2. The molecule has 1 heterocycles. The van der Waals surface area contributed by atoms with Crippen LogP contribution in [-0.4, -0.2) is 23.4 Å². The van der Waals surface area contributed by atoms with E-state index in [0.717, 1.165) is 17.4 Å². The molecule has 2 aromatic carbocycles. The second kappa shape index (κ2) is 8.61. The summed E-state index contributed by atoms with van der Waals surface area (Å²) in [4.78, 5) is 35.6. The maximum absolute atomic E-state index is 13.4. The number of halogens is 1. The van der Waals surface area contributed by atoms with Gasteiger partial charge in [0.05, 0.1) is 11.5 Å². The number of rotatable bonds is 6. The molecule has 0 aliphatic rings. The van der Waals surface area contributed by atoms with E-state index < -0.39 is 22.6 Å². The van der Waals surface area contributed by atoms with E-state index in [4.69, 9.17) is 4.74 Å². The van der Waals surface area contributed by atoms with E-state index in [1.165, 1.54) is 36.4 Å². The van der Waals surface area contributed by atoms with Gasteiger partial charge in [0.1, 0.15) is 16.4 Å². The van der Waals surface area contributed by atoms with Crippen LogP contribution >= 0.6 is 11.3 Å². The number of nitro groups is 1. The molecule has 3 aromatic rings. The van der Waals surface area contributed by atoms with Crippen LogP contribution in [0.4, 0.5) is 15.1 Å². The highest BCUT2D eigenvalue weighted by Gasteiger charge is 2.24. The summed E-state index contributed by atoms with van der Waals surface area (Å²) in [5.41, 5.74) is 0.873. The predicted molar refractivity (Wildman–Crippen MR) is 107 cm³/mol. The minimum atomic E-state index is -0.676. The lowest BCUT2D eigenvalue weighted by atomic mass is 10.0. The Bertz CT molecular complexity index is 1100. The van der Waals surface area contributed by atoms with Gasteiger partial charge in [-0.2, -0.15) is 0 Å². The molecule has 0 aliphatic carbocycles. The van der Waals surface area contributed by atoms with Gasteiger partial charge in [-0.25, -0.2) is 9.18 Å². The molecule has 0 bridgehead atoms. The van der Waals surface area contributed by atoms with Crippen LogP contribution in [0.15, 0.2) is 53.9 Å². The minimum absolute atomic E-state index is 0.0853. The first-order chi connectivity index (χ1) is 13.9. The molecule has 7 nitrogen and oxygen atoms in total. The van der Waals surface area contributed by atoms with Gasteiger partial charge < -0.3 is 10.1 Å². The maximum Gasteiger partial charge on any atom is 0.341 e. The van der Waals surface area contributed by atoms with Crippen LogP contribution < -0.4 is 5.32 Å². The fourth-order valence-electron chi connectivity index (χ4n) is 2.66. The summed E-state index contributed by atoms with van der Waals surface area (Å²) in [6.45, 7) is 1.75. The number of nitrogens with zero attached hydrogens (tertiary/aromatic N) is 1. The van der Waals surface area contributed by atoms with Crippen molar-refractivity contribution in [2.24, 2.45) is 0 Å². The summed E-state index contributed by atoms with van der Waals surface area (Å²) >= 11 is 1.07. The molecular formula is C20H15FN2O5S. The highest BCUT2D eigenvalue weighted by atomic mass is 32.1. The summed E-state index contributed by atoms with van der Waals surface area (Å²) in [6, 6.07) is 10.9. The molecule has 0 saturated carbocycles. The van der Waals surface area contributed by atoms with Gasteiger partial charge in [0.15, 0.2) is 0 Å². The Morgan fingerprint density at radius 1 is 1.21 bits per heavy atom. The van der Waals surface area contributed by atoms with E-state index in [2.05, 4.69) is 5.32 Å². The highest BCUT2D eigenvalue weighted by Crippen LogP contribution is 2.37. The van der Waals surface area contributed by atoms with Crippen LogP contribution in [0.3, 0.4) is 0 Å². The lowest BCUT2D eigenvalue weighted by Gasteiger charge is -2.09. The van der Waals surface area contributed by atoms with Crippen molar-refractivity contribution in [1.82, 2.24) is 0 Å². The minimum Gasteiger partial charge on any atom is -0.462 e. The van der Waals surface area contributed by atoms with Crippen LogP contribution in [-0.2, 0) is 4.74 Å². The van der Waals surface area contributed by atoms with E-state index in [-0.39, 0.29) is 28.4 Å². The molecule has 148 valence electrons. The summed E-state index contributed by atoms with van der Waals surface area (Å²) in [7, 11) is 0. The topological polar surface area (TPSA) is 98.5 Å². The van der Waals surface area contributed by atoms with E-state index in [9.17, 15) is 24.1 Å². The lowest BCUT2D eigenvalue weighted by molar-refractivity contribution is -0.384. The number of non-ortho nitro benzene ring substituents is 1. The third-order valence-corrected chi connectivity index (χ3v) is 4.85. The number of benzene rings is 2. The molecule has 1 N–H and O–H groups in total. The van der Waals surface area contributed by atoms with Crippen LogP contribution in [0.1, 0.15) is 27.6 Å². The first kappa shape index (κ1) is 20.2. The smallest absolute Gasteiger partial charge is 0.341 e. The quantitative estimate of drug-likeness (QED) is 0.352. The van der Waals surface area contributed by atoms with Gasteiger partial charge in [-0.05, 0) is 30.7 Å². The van der Waals surface area contributed by atoms with Gasteiger partial charge in [-0.1, -0.05) is 18.2 Å². The second-order valence-corrected chi connectivity index (χ2v) is 6.73. The Balaban J connectivity index is 2.02. The van der Waals surface area contributed by atoms with Gasteiger partial charge in [0.25, 0.3) is 11.6 Å². The van der Waals surface area contributed by atoms with Crippen LogP contribution in [0.25, 0.3) is 11.1 Å². The van der Waals surface area contributed by atoms with E-state index in [1.807, 2.05) is 0 Å². The van der Waals surface area contributed by atoms with E-state index >= 15 is 0 Å². The number of nitro benzene ring substituents is 1. The van der Waals surface area contributed by atoms with E-state index in [1.54, 1.807) is 18.4 Å². The molecule has 0 aliphatic heterocycles. The molecule has 0 radical (unpaired) electrons. The van der Waals surface area contributed by atoms with Crippen LogP contribution in [0.2, 0.25) is 0 Å². The fraction of sp³-hybridized carbons (Fsp3) is 0.100. The van der Waals surface area contributed by atoms with Crippen molar-refractivity contribution in [2.75, 3.05) is 11.9 Å². The van der Waals surface area contributed by atoms with E-state index in [0.29, 0.717) is 11.1 Å². The Labute approximate surface area is 168 Å². The average molecular weight is 414 g/mol. The number of nitrogens with one attached hydrogen (secondary N) is 1. The number of hydrogen-bond acceptors (Lipinski definition) is 6. The Hall–Kier alpha value is -3.59. The summed E-state index contributed by atoms with van der Waals surface area (Å²) in [5.74, 6) is -1.83. The SMILES string of the molecule is CCOC(=O)c1c(-c2cccc([N+](=O)[O-])c2)csc1NC(=O)c1cccc(F)c1. The predicted octanol–water partition coefficient (Wildman–Crippen LogP) is 4.89. The Kier molecular flexibility index (Phi) is 5.99. The van der Waals surface area contributed by atoms with Crippen molar-refractivity contribution in [2.45, 2.75) is 6.92 Å². The molecule has 0 spiro atoms. The van der Waals surface area contributed by atoms with Gasteiger partial charge in [-0.3, -0.25) is 14.9 Å². The normalized spacial score (nSPS) is 10.4. The second-order valence-electron chi connectivity index (χ2n) is 5.85. The number of esters is 1. The number of ether oxygens (including phenoxy) is 1. The molecule has 0 unspecified atom stereocenters. The zero-order valence-corrected chi connectivity index (χ0v) is 16.0. The molecule has 1 aromatic heterocycles. The molecule has 0 saturated heterocycles. The Morgan fingerprint density at radius 3 is 2.66 bits per heavy atom. The number of anilines is 1.